The van der Waals surface area contributed by atoms with Crippen molar-refractivity contribution in [1.82, 2.24) is 14.5 Å². The molecule has 0 amide bonds. The van der Waals surface area contributed by atoms with E-state index in [1.807, 2.05) is 0 Å². The SMILES string of the molecule is C#C[C@@]1(O)C[C@@H](CO)O[C@H]1n1ccc2c(N)ncnc21. The first-order chi connectivity index (χ1) is 9.59. The van der Waals surface area contributed by atoms with Gasteiger partial charge < -0.3 is 25.3 Å². The van der Waals surface area contributed by atoms with Crippen molar-refractivity contribution in [1.29, 1.82) is 0 Å². The molecule has 0 spiro atoms. The van der Waals surface area contributed by atoms with Crippen LogP contribution in [-0.4, -0.2) is 43.1 Å². The van der Waals surface area contributed by atoms with Crippen LogP contribution in [0, 0.1) is 12.3 Å². The molecule has 1 aliphatic heterocycles. The predicted octanol–water partition coefficient (Wildman–Crippen LogP) is -0.342. The quantitative estimate of drug-likeness (QED) is 0.647. The minimum Gasteiger partial charge on any atom is -0.394 e. The standard InChI is InChI=1S/C13H14N4O3/c1-2-13(19)5-8(6-18)20-12(13)17-4-3-9-10(14)15-7-16-11(9)17/h1,3-4,7-8,12,18-19H,5-6H2,(H2,14,15,16)/t8-,12+,13+/m0/s1. The van der Waals surface area contributed by atoms with Gasteiger partial charge in [-0.15, -0.1) is 6.42 Å². The number of nitrogens with two attached hydrogens (primary N) is 1. The van der Waals surface area contributed by atoms with Gasteiger partial charge in [0, 0.05) is 12.6 Å². The van der Waals surface area contributed by atoms with Crippen LogP contribution in [0.25, 0.3) is 11.0 Å². The second-order valence-corrected chi connectivity index (χ2v) is 4.78. The minimum absolute atomic E-state index is 0.158. The number of aromatic nitrogens is 3. The normalized spacial score (nSPS) is 29.6. The number of anilines is 1. The molecule has 1 aliphatic rings. The Morgan fingerprint density at radius 1 is 1.60 bits per heavy atom. The van der Waals surface area contributed by atoms with Crippen LogP contribution in [0.5, 0.6) is 0 Å². The van der Waals surface area contributed by atoms with Crippen LogP contribution in [-0.2, 0) is 4.74 Å². The van der Waals surface area contributed by atoms with Gasteiger partial charge in [0.15, 0.2) is 11.8 Å². The van der Waals surface area contributed by atoms with Gasteiger partial charge in [-0.05, 0) is 6.07 Å². The van der Waals surface area contributed by atoms with Crippen LogP contribution in [0.15, 0.2) is 18.6 Å². The van der Waals surface area contributed by atoms with Crippen molar-refractivity contribution >= 4 is 16.9 Å². The monoisotopic (exact) mass is 274 g/mol. The fourth-order valence-electron chi connectivity index (χ4n) is 2.50. The van der Waals surface area contributed by atoms with Crippen LogP contribution in [0.1, 0.15) is 12.6 Å². The lowest BCUT2D eigenvalue weighted by atomic mass is 9.99. The van der Waals surface area contributed by atoms with E-state index < -0.39 is 17.9 Å². The Labute approximate surface area is 115 Å². The molecule has 0 unspecified atom stereocenters. The van der Waals surface area contributed by atoms with Gasteiger partial charge in [0.1, 0.15) is 17.8 Å². The molecule has 20 heavy (non-hydrogen) atoms. The number of hydrogen-bond donors (Lipinski definition) is 3. The van der Waals surface area contributed by atoms with Gasteiger partial charge in [-0.25, -0.2) is 9.97 Å². The number of fused-ring (bicyclic) bond motifs is 1. The molecule has 2 aromatic heterocycles. The molecule has 1 fully saturated rings. The zero-order valence-electron chi connectivity index (χ0n) is 10.6. The highest BCUT2D eigenvalue weighted by atomic mass is 16.5. The van der Waals surface area contributed by atoms with E-state index in [1.54, 1.807) is 16.8 Å². The third-order valence-corrected chi connectivity index (χ3v) is 3.52. The molecule has 0 aliphatic carbocycles. The maximum absolute atomic E-state index is 10.5. The van der Waals surface area contributed by atoms with Gasteiger partial charge in [-0.3, -0.25) is 0 Å². The Morgan fingerprint density at radius 3 is 3.10 bits per heavy atom. The third kappa shape index (κ3) is 1.74. The molecule has 3 rings (SSSR count). The van der Waals surface area contributed by atoms with E-state index in [9.17, 15) is 10.2 Å². The van der Waals surface area contributed by atoms with Gasteiger partial charge in [-0.2, -0.15) is 0 Å². The van der Waals surface area contributed by atoms with E-state index in [4.69, 9.17) is 16.9 Å². The zero-order valence-corrected chi connectivity index (χ0v) is 10.6. The van der Waals surface area contributed by atoms with Crippen molar-refractivity contribution < 1.29 is 14.9 Å². The second-order valence-electron chi connectivity index (χ2n) is 4.78. The van der Waals surface area contributed by atoms with E-state index in [0.717, 1.165) is 0 Å². The summed E-state index contributed by atoms with van der Waals surface area (Å²) in [4.78, 5) is 8.05. The lowest BCUT2D eigenvalue weighted by molar-refractivity contribution is -0.0695. The summed E-state index contributed by atoms with van der Waals surface area (Å²) in [5.41, 5.74) is 4.80. The molecule has 4 N–H and O–H groups in total. The van der Waals surface area contributed by atoms with Gasteiger partial charge in [0.2, 0.25) is 0 Å². The number of terminal acetylenes is 1. The summed E-state index contributed by atoms with van der Waals surface area (Å²) < 4.78 is 7.24. The molecule has 7 nitrogen and oxygen atoms in total. The average Bonchev–Trinajstić information content (AvgIpc) is 3.01. The Bertz CT molecular complexity index is 692. The van der Waals surface area contributed by atoms with Crippen molar-refractivity contribution in [3.05, 3.63) is 18.6 Å². The summed E-state index contributed by atoms with van der Waals surface area (Å²) in [6, 6.07) is 1.73. The van der Waals surface area contributed by atoms with E-state index in [0.29, 0.717) is 16.9 Å². The molecule has 0 saturated carbocycles. The maximum atomic E-state index is 10.5. The number of nitrogens with zero attached hydrogens (tertiary/aromatic N) is 3. The lowest BCUT2D eigenvalue weighted by Crippen LogP contribution is -2.33. The minimum atomic E-state index is -1.50. The molecular formula is C13H14N4O3. The van der Waals surface area contributed by atoms with E-state index in [2.05, 4.69) is 15.9 Å². The van der Waals surface area contributed by atoms with E-state index in [-0.39, 0.29) is 13.0 Å². The summed E-state index contributed by atoms with van der Waals surface area (Å²) in [5, 5.41) is 20.4. The smallest absolute Gasteiger partial charge is 0.176 e. The maximum Gasteiger partial charge on any atom is 0.176 e. The Kier molecular flexibility index (Phi) is 2.87. The molecule has 3 atom stereocenters. The topological polar surface area (TPSA) is 106 Å². The van der Waals surface area contributed by atoms with Gasteiger partial charge in [-0.1, -0.05) is 5.92 Å². The fourth-order valence-corrected chi connectivity index (χ4v) is 2.50. The first-order valence-electron chi connectivity index (χ1n) is 6.12. The highest BCUT2D eigenvalue weighted by Crippen LogP contribution is 2.39. The van der Waals surface area contributed by atoms with Gasteiger partial charge >= 0.3 is 0 Å². The molecule has 7 heteroatoms. The predicted molar refractivity (Wildman–Crippen MR) is 71.3 cm³/mol. The molecule has 0 aromatic carbocycles. The van der Waals surface area contributed by atoms with E-state index in [1.165, 1.54) is 6.33 Å². The molecular weight excluding hydrogens is 260 g/mol. The third-order valence-electron chi connectivity index (χ3n) is 3.52. The van der Waals surface area contributed by atoms with Crippen LogP contribution in [0.4, 0.5) is 5.82 Å². The van der Waals surface area contributed by atoms with Crippen LogP contribution < -0.4 is 5.73 Å². The highest BCUT2D eigenvalue weighted by molar-refractivity contribution is 5.86. The highest BCUT2D eigenvalue weighted by Gasteiger charge is 2.47. The van der Waals surface area contributed by atoms with E-state index >= 15 is 0 Å². The number of hydrogen-bond acceptors (Lipinski definition) is 6. The Morgan fingerprint density at radius 2 is 2.40 bits per heavy atom. The molecule has 2 aromatic rings. The summed E-state index contributed by atoms with van der Waals surface area (Å²) in [5.74, 6) is 2.69. The number of aliphatic hydroxyl groups is 2. The lowest BCUT2D eigenvalue weighted by Gasteiger charge is -2.24. The number of aliphatic hydroxyl groups excluding tert-OH is 1. The summed E-state index contributed by atoms with van der Waals surface area (Å²) in [7, 11) is 0. The Balaban J connectivity index is 2.11. The molecule has 3 heterocycles. The largest absolute Gasteiger partial charge is 0.394 e. The first kappa shape index (κ1) is 12.9. The van der Waals surface area contributed by atoms with Crippen molar-refractivity contribution in [2.75, 3.05) is 12.3 Å². The fraction of sp³-hybridized carbons (Fsp3) is 0.385. The van der Waals surface area contributed by atoms with Crippen LogP contribution in [0.3, 0.4) is 0 Å². The Hall–Kier alpha value is -2.14. The zero-order chi connectivity index (χ0) is 14.3. The second kappa shape index (κ2) is 4.45. The summed E-state index contributed by atoms with van der Waals surface area (Å²) in [6.45, 7) is -0.211. The molecule has 104 valence electrons. The number of nitrogen functional groups attached to an aromatic ring is 1. The summed E-state index contributed by atoms with van der Waals surface area (Å²) >= 11 is 0. The average molecular weight is 274 g/mol. The first-order valence-corrected chi connectivity index (χ1v) is 6.12. The van der Waals surface area contributed by atoms with Crippen molar-refractivity contribution in [2.24, 2.45) is 0 Å². The van der Waals surface area contributed by atoms with Crippen molar-refractivity contribution in [3.63, 3.8) is 0 Å². The van der Waals surface area contributed by atoms with Crippen LogP contribution in [0.2, 0.25) is 0 Å². The van der Waals surface area contributed by atoms with Crippen molar-refractivity contribution in [3.8, 4) is 12.3 Å². The van der Waals surface area contributed by atoms with Crippen LogP contribution >= 0.6 is 0 Å². The molecule has 0 bridgehead atoms. The van der Waals surface area contributed by atoms with Gasteiger partial charge in [0.25, 0.3) is 0 Å². The summed E-state index contributed by atoms with van der Waals surface area (Å²) in [6.07, 6.45) is 7.26. The number of rotatable bonds is 2. The van der Waals surface area contributed by atoms with Gasteiger partial charge in [0.05, 0.1) is 18.1 Å². The molecule has 1 saturated heterocycles. The molecule has 0 radical (unpaired) electrons. The number of ether oxygens (including phenoxy) is 1. The van der Waals surface area contributed by atoms with Crippen molar-refractivity contribution in [2.45, 2.75) is 24.4 Å².